The molecule has 0 saturated heterocycles. The number of methoxy groups -OCH3 is 2. The van der Waals surface area contributed by atoms with Gasteiger partial charge >= 0.3 is 5.97 Å². The Labute approximate surface area is 97.2 Å². The maximum absolute atomic E-state index is 11.5. The molecule has 0 bridgehead atoms. The SMILES string of the molecule is COC(=O)c1cc(OC)cc(-c2ncno2)c1. The van der Waals surface area contributed by atoms with Crippen LogP contribution in [0.3, 0.4) is 0 Å². The van der Waals surface area contributed by atoms with Gasteiger partial charge in [0.05, 0.1) is 19.8 Å². The number of rotatable bonds is 3. The predicted octanol–water partition coefficient (Wildman–Crippen LogP) is 1.53. The van der Waals surface area contributed by atoms with Crippen LogP contribution in [0.4, 0.5) is 0 Å². The molecule has 0 saturated carbocycles. The van der Waals surface area contributed by atoms with Crippen molar-refractivity contribution in [2.24, 2.45) is 0 Å². The maximum Gasteiger partial charge on any atom is 0.338 e. The maximum atomic E-state index is 11.5. The Morgan fingerprint density at radius 2 is 2.12 bits per heavy atom. The first-order valence-corrected chi connectivity index (χ1v) is 4.79. The van der Waals surface area contributed by atoms with E-state index in [-0.39, 0.29) is 0 Å². The van der Waals surface area contributed by atoms with Gasteiger partial charge in [-0.3, -0.25) is 0 Å². The molecule has 1 aromatic heterocycles. The van der Waals surface area contributed by atoms with Crippen molar-refractivity contribution in [2.75, 3.05) is 14.2 Å². The lowest BCUT2D eigenvalue weighted by atomic mass is 10.1. The van der Waals surface area contributed by atoms with Crippen LogP contribution >= 0.6 is 0 Å². The summed E-state index contributed by atoms with van der Waals surface area (Å²) in [6, 6.07) is 4.87. The lowest BCUT2D eigenvalue weighted by Gasteiger charge is -2.05. The third kappa shape index (κ3) is 2.25. The highest BCUT2D eigenvalue weighted by Gasteiger charge is 2.12. The predicted molar refractivity (Wildman–Crippen MR) is 57.6 cm³/mol. The fourth-order valence-corrected chi connectivity index (χ4v) is 1.38. The van der Waals surface area contributed by atoms with Gasteiger partial charge < -0.3 is 14.0 Å². The summed E-state index contributed by atoms with van der Waals surface area (Å²) in [6.45, 7) is 0. The van der Waals surface area contributed by atoms with Crippen LogP contribution in [-0.4, -0.2) is 30.3 Å². The van der Waals surface area contributed by atoms with Crippen molar-refractivity contribution in [1.82, 2.24) is 10.1 Å². The average molecular weight is 234 g/mol. The molecule has 6 nitrogen and oxygen atoms in total. The van der Waals surface area contributed by atoms with E-state index in [4.69, 9.17) is 9.26 Å². The van der Waals surface area contributed by atoms with E-state index in [0.29, 0.717) is 22.8 Å². The molecular weight excluding hydrogens is 224 g/mol. The fraction of sp³-hybridized carbons (Fsp3) is 0.182. The molecule has 1 aromatic carbocycles. The summed E-state index contributed by atoms with van der Waals surface area (Å²) >= 11 is 0. The number of ether oxygens (including phenoxy) is 2. The van der Waals surface area contributed by atoms with Crippen molar-refractivity contribution in [2.45, 2.75) is 0 Å². The standard InChI is InChI=1S/C11H10N2O4/c1-15-9-4-7(10-12-6-13-17-10)3-8(5-9)11(14)16-2/h3-6H,1-2H3. The molecule has 0 unspecified atom stereocenters. The quantitative estimate of drug-likeness (QED) is 0.750. The van der Waals surface area contributed by atoms with Gasteiger partial charge in [0.2, 0.25) is 0 Å². The largest absolute Gasteiger partial charge is 0.497 e. The van der Waals surface area contributed by atoms with Gasteiger partial charge in [0.1, 0.15) is 5.75 Å². The zero-order valence-electron chi connectivity index (χ0n) is 9.34. The van der Waals surface area contributed by atoms with Crippen LogP contribution in [0.2, 0.25) is 0 Å². The molecule has 6 heteroatoms. The summed E-state index contributed by atoms with van der Waals surface area (Å²) < 4.78 is 14.7. The number of hydrogen-bond acceptors (Lipinski definition) is 6. The summed E-state index contributed by atoms with van der Waals surface area (Å²) in [4.78, 5) is 15.4. The molecule has 0 aliphatic heterocycles. The second-order valence-electron chi connectivity index (χ2n) is 3.19. The minimum atomic E-state index is -0.454. The Morgan fingerprint density at radius 1 is 1.29 bits per heavy atom. The van der Waals surface area contributed by atoms with Crippen molar-refractivity contribution in [1.29, 1.82) is 0 Å². The minimum Gasteiger partial charge on any atom is -0.497 e. The highest BCUT2D eigenvalue weighted by molar-refractivity contribution is 5.91. The average Bonchev–Trinajstić information content (AvgIpc) is 2.91. The van der Waals surface area contributed by atoms with Gasteiger partial charge in [0, 0.05) is 5.56 Å². The molecule has 0 aliphatic carbocycles. The van der Waals surface area contributed by atoms with E-state index < -0.39 is 5.97 Å². The molecule has 0 fully saturated rings. The van der Waals surface area contributed by atoms with E-state index in [1.54, 1.807) is 18.2 Å². The second-order valence-corrected chi connectivity index (χ2v) is 3.19. The van der Waals surface area contributed by atoms with Gasteiger partial charge in [-0.2, -0.15) is 4.98 Å². The van der Waals surface area contributed by atoms with Crippen LogP contribution < -0.4 is 4.74 Å². The summed E-state index contributed by atoms with van der Waals surface area (Å²) in [7, 11) is 2.82. The third-order valence-electron chi connectivity index (χ3n) is 2.17. The Bertz CT molecular complexity index is 522. The molecule has 0 amide bonds. The number of nitrogens with zero attached hydrogens (tertiary/aromatic N) is 2. The summed E-state index contributed by atoms with van der Waals surface area (Å²) in [5.74, 6) is 0.375. The van der Waals surface area contributed by atoms with E-state index in [9.17, 15) is 4.79 Å². The lowest BCUT2D eigenvalue weighted by Crippen LogP contribution is -2.02. The first-order valence-electron chi connectivity index (χ1n) is 4.79. The van der Waals surface area contributed by atoms with Crippen LogP contribution in [0, 0.1) is 0 Å². The van der Waals surface area contributed by atoms with E-state index >= 15 is 0 Å². The van der Waals surface area contributed by atoms with Crippen LogP contribution in [0.5, 0.6) is 5.75 Å². The number of benzene rings is 1. The van der Waals surface area contributed by atoms with Crippen molar-refractivity contribution < 1.29 is 18.8 Å². The Hall–Kier alpha value is -2.37. The van der Waals surface area contributed by atoms with Gasteiger partial charge in [-0.25, -0.2) is 4.79 Å². The first-order chi connectivity index (χ1) is 8.24. The van der Waals surface area contributed by atoms with Crippen LogP contribution in [0.1, 0.15) is 10.4 Å². The van der Waals surface area contributed by atoms with Crippen molar-refractivity contribution in [3.63, 3.8) is 0 Å². The normalized spacial score (nSPS) is 10.0. The highest BCUT2D eigenvalue weighted by Crippen LogP contribution is 2.24. The molecule has 0 spiro atoms. The first kappa shape index (κ1) is 11.1. The van der Waals surface area contributed by atoms with E-state index in [1.807, 2.05) is 0 Å². The molecular formula is C11H10N2O4. The third-order valence-corrected chi connectivity index (χ3v) is 2.17. The van der Waals surface area contributed by atoms with Crippen LogP contribution in [0.15, 0.2) is 29.0 Å². The number of aromatic nitrogens is 2. The zero-order chi connectivity index (χ0) is 12.3. The molecule has 2 rings (SSSR count). The number of esters is 1. The van der Waals surface area contributed by atoms with Gasteiger partial charge in [-0.15, -0.1) is 0 Å². The molecule has 0 N–H and O–H groups in total. The number of hydrogen-bond donors (Lipinski definition) is 0. The molecule has 0 radical (unpaired) electrons. The van der Waals surface area contributed by atoms with Crippen molar-refractivity contribution >= 4 is 5.97 Å². The summed E-state index contributed by atoms with van der Waals surface area (Å²) in [5, 5.41) is 3.51. The molecule has 88 valence electrons. The van der Waals surface area contributed by atoms with Gasteiger partial charge in [-0.1, -0.05) is 5.16 Å². The Balaban J connectivity index is 2.49. The number of carbonyl (C=O) groups is 1. The van der Waals surface area contributed by atoms with Gasteiger partial charge in [0.25, 0.3) is 5.89 Å². The molecule has 1 heterocycles. The van der Waals surface area contributed by atoms with Crippen LogP contribution in [-0.2, 0) is 4.74 Å². The van der Waals surface area contributed by atoms with Crippen molar-refractivity contribution in [3.05, 3.63) is 30.1 Å². The Morgan fingerprint density at radius 3 is 2.71 bits per heavy atom. The van der Waals surface area contributed by atoms with E-state index in [2.05, 4.69) is 14.9 Å². The second kappa shape index (κ2) is 4.65. The zero-order valence-corrected chi connectivity index (χ0v) is 9.34. The van der Waals surface area contributed by atoms with Crippen LogP contribution in [0.25, 0.3) is 11.5 Å². The fourth-order valence-electron chi connectivity index (χ4n) is 1.38. The minimum absolute atomic E-state index is 0.314. The summed E-state index contributed by atoms with van der Waals surface area (Å²) in [6.07, 6.45) is 1.28. The monoisotopic (exact) mass is 234 g/mol. The Kier molecular flexibility index (Phi) is 3.04. The molecule has 17 heavy (non-hydrogen) atoms. The lowest BCUT2D eigenvalue weighted by molar-refractivity contribution is 0.0600. The highest BCUT2D eigenvalue weighted by atomic mass is 16.5. The van der Waals surface area contributed by atoms with E-state index in [0.717, 1.165) is 0 Å². The molecule has 0 atom stereocenters. The van der Waals surface area contributed by atoms with E-state index in [1.165, 1.54) is 20.5 Å². The summed E-state index contributed by atoms with van der Waals surface area (Å²) in [5.41, 5.74) is 0.960. The number of carbonyl (C=O) groups excluding carboxylic acids is 1. The molecule has 2 aromatic rings. The topological polar surface area (TPSA) is 74.5 Å². The van der Waals surface area contributed by atoms with Gasteiger partial charge in [0.15, 0.2) is 6.33 Å². The molecule has 0 aliphatic rings. The van der Waals surface area contributed by atoms with Crippen molar-refractivity contribution in [3.8, 4) is 17.2 Å². The smallest absolute Gasteiger partial charge is 0.338 e. The van der Waals surface area contributed by atoms with Gasteiger partial charge in [-0.05, 0) is 18.2 Å².